The van der Waals surface area contributed by atoms with Gasteiger partial charge in [-0.05, 0) is 4.92 Å². The minimum Gasteiger partial charge on any atom is -0.469 e. The average molecular weight is 330 g/mol. The molecule has 0 bridgehead atoms. The number of nitrogens with zero attached hydrogens (tertiary/aromatic N) is 2. The fraction of sp³-hybridized carbons (Fsp3) is 0.400. The summed E-state index contributed by atoms with van der Waals surface area (Å²) in [5.41, 5.74) is -2.02. The Kier molecular flexibility index (Phi) is 5.17. The SMILES string of the molecule is COC(=O)Cc1c(C(F)F)cc(OC(F)(F)F)nc1[N+](=O)[O-]. The topological polar surface area (TPSA) is 91.6 Å². The second-order valence-corrected chi connectivity index (χ2v) is 3.71. The summed E-state index contributed by atoms with van der Waals surface area (Å²) in [6.45, 7) is 0. The molecule has 0 atom stereocenters. The number of pyridine rings is 1. The highest BCUT2D eigenvalue weighted by atomic mass is 19.4. The van der Waals surface area contributed by atoms with Crippen molar-refractivity contribution in [3.63, 3.8) is 0 Å². The minimum atomic E-state index is -5.27. The molecule has 0 amide bonds. The summed E-state index contributed by atoms with van der Waals surface area (Å²) >= 11 is 0. The van der Waals surface area contributed by atoms with Crippen molar-refractivity contribution in [3.05, 3.63) is 27.3 Å². The first-order valence-corrected chi connectivity index (χ1v) is 5.34. The highest BCUT2D eigenvalue weighted by Crippen LogP contribution is 2.34. The highest BCUT2D eigenvalue weighted by Gasteiger charge is 2.36. The number of ether oxygens (including phenoxy) is 2. The zero-order valence-electron chi connectivity index (χ0n) is 10.7. The number of methoxy groups -OCH3 is 1. The van der Waals surface area contributed by atoms with Crippen LogP contribution in [0.2, 0.25) is 0 Å². The molecule has 0 aliphatic carbocycles. The second-order valence-electron chi connectivity index (χ2n) is 3.71. The quantitative estimate of drug-likeness (QED) is 0.357. The number of nitro groups is 1. The molecule has 7 nitrogen and oxygen atoms in total. The molecule has 0 aliphatic rings. The number of carbonyl (C=O) groups is 1. The summed E-state index contributed by atoms with van der Waals surface area (Å²) in [6.07, 6.45) is -9.62. The van der Waals surface area contributed by atoms with Gasteiger partial charge in [0.1, 0.15) is 0 Å². The van der Waals surface area contributed by atoms with Gasteiger partial charge < -0.3 is 19.6 Å². The van der Waals surface area contributed by atoms with Crippen LogP contribution >= 0.6 is 0 Å². The lowest BCUT2D eigenvalue weighted by Gasteiger charge is -2.11. The van der Waals surface area contributed by atoms with Gasteiger partial charge in [0.05, 0.1) is 19.1 Å². The zero-order valence-corrected chi connectivity index (χ0v) is 10.7. The van der Waals surface area contributed by atoms with E-state index in [1.165, 1.54) is 0 Å². The van der Waals surface area contributed by atoms with E-state index in [-0.39, 0.29) is 6.07 Å². The van der Waals surface area contributed by atoms with Crippen molar-refractivity contribution in [3.8, 4) is 5.88 Å². The first kappa shape index (κ1) is 17.5. The molecule has 1 rings (SSSR count). The molecule has 0 fully saturated rings. The lowest BCUT2D eigenvalue weighted by Crippen LogP contribution is -2.19. The number of esters is 1. The molecule has 22 heavy (non-hydrogen) atoms. The number of aromatic nitrogens is 1. The monoisotopic (exact) mass is 330 g/mol. The van der Waals surface area contributed by atoms with Gasteiger partial charge in [0, 0.05) is 16.6 Å². The van der Waals surface area contributed by atoms with Crippen molar-refractivity contribution in [2.75, 3.05) is 7.11 Å². The fourth-order valence-electron chi connectivity index (χ4n) is 1.47. The normalized spacial score (nSPS) is 11.4. The average Bonchev–Trinajstić information content (AvgIpc) is 2.37. The molecule has 0 aromatic carbocycles. The number of rotatable bonds is 5. The molecule has 122 valence electrons. The van der Waals surface area contributed by atoms with Gasteiger partial charge in [-0.15, -0.1) is 13.2 Å². The maximum Gasteiger partial charge on any atom is 0.575 e. The van der Waals surface area contributed by atoms with Crippen LogP contribution in [0, 0.1) is 10.1 Å². The molecular formula is C10H7F5N2O5. The van der Waals surface area contributed by atoms with E-state index < -0.39 is 52.9 Å². The van der Waals surface area contributed by atoms with Crippen molar-refractivity contribution in [1.29, 1.82) is 0 Å². The number of halogens is 5. The summed E-state index contributed by atoms with van der Waals surface area (Å²) in [6, 6.07) is 0.184. The Bertz CT molecular complexity index is 590. The van der Waals surface area contributed by atoms with Crippen molar-refractivity contribution in [2.24, 2.45) is 0 Å². The molecule has 0 N–H and O–H groups in total. The molecule has 0 radical (unpaired) electrons. The molecule has 0 saturated heterocycles. The van der Waals surface area contributed by atoms with Crippen molar-refractivity contribution in [1.82, 2.24) is 4.98 Å². The van der Waals surface area contributed by atoms with E-state index in [1.54, 1.807) is 0 Å². The molecular weight excluding hydrogens is 323 g/mol. The predicted molar refractivity (Wildman–Crippen MR) is 58.3 cm³/mol. The Morgan fingerprint density at radius 1 is 1.45 bits per heavy atom. The van der Waals surface area contributed by atoms with E-state index in [9.17, 15) is 36.9 Å². The lowest BCUT2D eigenvalue weighted by molar-refractivity contribution is -0.390. The highest BCUT2D eigenvalue weighted by molar-refractivity contribution is 5.74. The Hall–Kier alpha value is -2.53. The predicted octanol–water partition coefficient (Wildman–Crippen LogP) is 2.54. The number of carbonyl (C=O) groups excluding carboxylic acids is 1. The number of alkyl halides is 5. The molecule has 1 aromatic rings. The van der Waals surface area contributed by atoms with E-state index in [1.807, 2.05) is 0 Å². The van der Waals surface area contributed by atoms with Gasteiger partial charge in [-0.25, -0.2) is 8.78 Å². The molecule has 0 aliphatic heterocycles. The van der Waals surface area contributed by atoms with E-state index >= 15 is 0 Å². The van der Waals surface area contributed by atoms with Crippen molar-refractivity contribution < 1.29 is 41.1 Å². The first-order valence-electron chi connectivity index (χ1n) is 5.34. The summed E-state index contributed by atoms with van der Waals surface area (Å²) in [7, 11) is 0.908. The van der Waals surface area contributed by atoms with E-state index in [0.717, 1.165) is 7.11 Å². The minimum absolute atomic E-state index is 0.184. The maximum absolute atomic E-state index is 12.9. The fourth-order valence-corrected chi connectivity index (χ4v) is 1.47. The van der Waals surface area contributed by atoms with Gasteiger partial charge in [-0.3, -0.25) is 4.79 Å². The number of hydrogen-bond donors (Lipinski definition) is 0. The van der Waals surface area contributed by atoms with Gasteiger partial charge in [-0.1, -0.05) is 0 Å². The van der Waals surface area contributed by atoms with Gasteiger partial charge in [0.25, 0.3) is 6.43 Å². The van der Waals surface area contributed by atoms with Crippen molar-refractivity contribution >= 4 is 11.8 Å². The Morgan fingerprint density at radius 2 is 2.05 bits per heavy atom. The van der Waals surface area contributed by atoms with E-state index in [0.29, 0.717) is 0 Å². The van der Waals surface area contributed by atoms with Crippen LogP contribution in [0.15, 0.2) is 6.07 Å². The van der Waals surface area contributed by atoms with Crippen molar-refractivity contribution in [2.45, 2.75) is 19.2 Å². The molecule has 12 heteroatoms. The zero-order chi connectivity index (χ0) is 17.1. The van der Waals surface area contributed by atoms with Gasteiger partial charge >= 0.3 is 24.0 Å². The molecule has 0 saturated carbocycles. The molecule has 1 heterocycles. The van der Waals surface area contributed by atoms with Crippen LogP contribution in [0.4, 0.5) is 27.8 Å². The van der Waals surface area contributed by atoms with Gasteiger partial charge in [0.2, 0.25) is 0 Å². The second kappa shape index (κ2) is 6.49. The van der Waals surface area contributed by atoms with Crippen LogP contribution in [-0.4, -0.2) is 29.3 Å². The third-order valence-corrected chi connectivity index (χ3v) is 2.29. The van der Waals surface area contributed by atoms with Crippen LogP contribution in [0.5, 0.6) is 5.88 Å². The number of hydrogen-bond acceptors (Lipinski definition) is 6. The molecule has 0 unspecified atom stereocenters. The van der Waals surface area contributed by atoms with Gasteiger partial charge in [-0.2, -0.15) is 0 Å². The molecule has 1 aromatic heterocycles. The van der Waals surface area contributed by atoms with Gasteiger partial charge in [0.15, 0.2) is 0 Å². The lowest BCUT2D eigenvalue weighted by atomic mass is 10.1. The summed E-state index contributed by atoms with van der Waals surface area (Å²) in [5.74, 6) is -3.87. The maximum atomic E-state index is 12.9. The van der Waals surface area contributed by atoms with Crippen LogP contribution < -0.4 is 4.74 Å². The third-order valence-electron chi connectivity index (χ3n) is 2.29. The summed E-state index contributed by atoms with van der Waals surface area (Å²) < 4.78 is 69.5. The Labute approximate surface area is 118 Å². The summed E-state index contributed by atoms with van der Waals surface area (Å²) in [4.78, 5) is 23.5. The Morgan fingerprint density at radius 3 is 2.45 bits per heavy atom. The molecule has 0 spiro atoms. The van der Waals surface area contributed by atoms with Crippen LogP contribution in [0.3, 0.4) is 0 Å². The first-order chi connectivity index (χ1) is 10.0. The third kappa shape index (κ3) is 4.49. The van der Waals surface area contributed by atoms with Crippen LogP contribution in [0.1, 0.15) is 17.6 Å². The van der Waals surface area contributed by atoms with Crippen LogP contribution in [-0.2, 0) is 16.0 Å². The smallest absolute Gasteiger partial charge is 0.469 e. The Balaban J connectivity index is 3.46. The van der Waals surface area contributed by atoms with E-state index in [4.69, 9.17) is 0 Å². The largest absolute Gasteiger partial charge is 0.575 e. The van der Waals surface area contributed by atoms with Crippen LogP contribution in [0.25, 0.3) is 0 Å². The standard InChI is InChI=1S/C10H7F5N2O5/c1-21-7(18)3-5-4(8(11)12)2-6(22-10(13,14)15)16-9(5)17(19)20/h2,8H,3H2,1H3. The van der Waals surface area contributed by atoms with E-state index in [2.05, 4.69) is 14.5 Å². The summed E-state index contributed by atoms with van der Waals surface area (Å²) in [5, 5.41) is 10.8.